The molecular formula is C40H61N5O7S. The monoisotopic (exact) mass is 755 g/mol. The minimum absolute atomic E-state index is 0.00284. The highest BCUT2D eigenvalue weighted by Gasteiger charge is 2.33. The Bertz CT molecular complexity index is 1450. The molecule has 0 fully saturated rings. The van der Waals surface area contributed by atoms with Crippen LogP contribution in [0.3, 0.4) is 0 Å². The Labute approximate surface area is 319 Å². The van der Waals surface area contributed by atoms with Gasteiger partial charge in [0.15, 0.2) is 0 Å². The van der Waals surface area contributed by atoms with Crippen LogP contribution in [0.1, 0.15) is 79.4 Å². The first-order valence-electron chi connectivity index (χ1n) is 18.3. The van der Waals surface area contributed by atoms with Crippen molar-refractivity contribution in [2.24, 2.45) is 17.8 Å². The predicted octanol–water partition coefficient (Wildman–Crippen LogP) is 4.35. The van der Waals surface area contributed by atoms with E-state index in [0.29, 0.717) is 18.7 Å². The lowest BCUT2D eigenvalue weighted by molar-refractivity contribution is -0.133. The van der Waals surface area contributed by atoms with E-state index in [9.17, 15) is 29.1 Å². The molecule has 2 aromatic rings. The van der Waals surface area contributed by atoms with Gasteiger partial charge in [-0.3, -0.25) is 19.2 Å². The van der Waals surface area contributed by atoms with E-state index in [0.717, 1.165) is 11.1 Å². The van der Waals surface area contributed by atoms with Crippen LogP contribution in [-0.2, 0) is 36.9 Å². The van der Waals surface area contributed by atoms with Gasteiger partial charge in [-0.2, -0.15) is 11.8 Å². The molecule has 2 rings (SSSR count). The molecule has 13 heteroatoms. The number of aliphatic hydroxyl groups excluding tert-OH is 1. The van der Waals surface area contributed by atoms with E-state index in [1.54, 1.807) is 41.5 Å². The van der Waals surface area contributed by atoms with E-state index in [1.165, 1.54) is 11.8 Å². The third-order valence-electron chi connectivity index (χ3n) is 8.55. The zero-order valence-corrected chi connectivity index (χ0v) is 33.5. The van der Waals surface area contributed by atoms with Gasteiger partial charge in [-0.1, -0.05) is 95.3 Å². The molecule has 0 spiro atoms. The van der Waals surface area contributed by atoms with Gasteiger partial charge in [0.1, 0.15) is 23.7 Å². The van der Waals surface area contributed by atoms with Crippen LogP contribution in [-0.4, -0.2) is 82.7 Å². The van der Waals surface area contributed by atoms with Gasteiger partial charge in [-0.05, 0) is 75.0 Å². The maximum Gasteiger partial charge on any atom is 0.408 e. The highest BCUT2D eigenvalue weighted by atomic mass is 32.2. The molecule has 0 saturated carbocycles. The molecule has 0 aromatic heterocycles. The lowest BCUT2D eigenvalue weighted by Gasteiger charge is -2.30. The predicted molar refractivity (Wildman–Crippen MR) is 210 cm³/mol. The summed E-state index contributed by atoms with van der Waals surface area (Å²) >= 11 is 1.51. The Balaban J connectivity index is 2.20. The Morgan fingerprint density at radius 3 is 1.79 bits per heavy atom. The largest absolute Gasteiger partial charge is 0.444 e. The van der Waals surface area contributed by atoms with Crippen molar-refractivity contribution >= 4 is 41.5 Å². The number of aliphatic hydroxyl groups is 1. The molecule has 53 heavy (non-hydrogen) atoms. The second-order valence-electron chi connectivity index (χ2n) is 15.2. The number of rotatable bonds is 20. The lowest BCUT2D eigenvalue weighted by atomic mass is 9.92. The van der Waals surface area contributed by atoms with Crippen LogP contribution in [0.2, 0.25) is 0 Å². The third kappa shape index (κ3) is 16.6. The summed E-state index contributed by atoms with van der Waals surface area (Å²) in [6, 6.07) is 15.3. The number of alkyl carbamates (subject to hydrolysis) is 1. The zero-order valence-electron chi connectivity index (χ0n) is 32.7. The van der Waals surface area contributed by atoms with Gasteiger partial charge in [-0.25, -0.2) is 4.79 Å². The van der Waals surface area contributed by atoms with Gasteiger partial charge in [0.2, 0.25) is 23.6 Å². The van der Waals surface area contributed by atoms with Crippen molar-refractivity contribution in [2.45, 2.75) is 117 Å². The summed E-state index contributed by atoms with van der Waals surface area (Å²) in [6.07, 6.45) is 0.550. The first kappa shape index (κ1) is 45.1. The number of ether oxygens (including phenoxy) is 1. The van der Waals surface area contributed by atoms with Crippen molar-refractivity contribution in [3.63, 3.8) is 0 Å². The molecule has 6 atom stereocenters. The fraction of sp³-hybridized carbons (Fsp3) is 0.575. The van der Waals surface area contributed by atoms with Gasteiger partial charge < -0.3 is 36.4 Å². The number of benzene rings is 2. The molecule has 0 heterocycles. The molecule has 0 aliphatic rings. The second-order valence-corrected chi connectivity index (χ2v) is 16.1. The molecule has 12 nitrogen and oxygen atoms in total. The average molecular weight is 756 g/mol. The molecular weight excluding hydrogens is 695 g/mol. The summed E-state index contributed by atoms with van der Waals surface area (Å²) in [5.74, 6) is -2.39. The fourth-order valence-corrected chi connectivity index (χ4v) is 6.00. The third-order valence-corrected chi connectivity index (χ3v) is 9.20. The zero-order chi connectivity index (χ0) is 39.7. The summed E-state index contributed by atoms with van der Waals surface area (Å²) in [5, 5.41) is 25.7. The van der Waals surface area contributed by atoms with E-state index >= 15 is 0 Å². The Morgan fingerprint density at radius 2 is 1.26 bits per heavy atom. The summed E-state index contributed by atoms with van der Waals surface area (Å²) in [4.78, 5) is 66.4. The highest BCUT2D eigenvalue weighted by molar-refractivity contribution is 7.98. The van der Waals surface area contributed by atoms with Crippen LogP contribution in [0, 0.1) is 17.8 Å². The minimum atomic E-state index is -1.15. The lowest BCUT2D eigenvalue weighted by Crippen LogP contribution is -2.58. The topological polar surface area (TPSA) is 175 Å². The number of hydrogen-bond acceptors (Lipinski definition) is 8. The SMILES string of the molecule is CSCC[C@H](NC(=O)[C@@H](NC(=O)OC(C)(C)C)C(C)C)C(=O)N[C@@H](Cc1ccccc1)[C@@H](O)C[C@@H](C)C(=O)N[C@H](C(=O)NCc1ccccc1)C(C)C. The quantitative estimate of drug-likeness (QED) is 0.116. The van der Waals surface area contributed by atoms with Crippen LogP contribution in [0.4, 0.5) is 4.79 Å². The molecule has 5 amide bonds. The van der Waals surface area contributed by atoms with Gasteiger partial charge >= 0.3 is 6.09 Å². The van der Waals surface area contributed by atoms with Crippen LogP contribution in [0.15, 0.2) is 60.7 Å². The first-order valence-corrected chi connectivity index (χ1v) is 19.7. The number of nitrogens with one attached hydrogen (secondary N) is 5. The van der Waals surface area contributed by atoms with Gasteiger partial charge in [0.05, 0.1) is 12.1 Å². The first-order chi connectivity index (χ1) is 24.9. The maximum atomic E-state index is 13.9. The Morgan fingerprint density at radius 1 is 0.717 bits per heavy atom. The molecule has 6 N–H and O–H groups in total. The smallest absolute Gasteiger partial charge is 0.408 e. The van der Waals surface area contributed by atoms with Crippen molar-refractivity contribution in [1.29, 1.82) is 0 Å². The molecule has 0 radical (unpaired) electrons. The van der Waals surface area contributed by atoms with Crippen molar-refractivity contribution < 1.29 is 33.8 Å². The number of amides is 5. The number of hydrogen-bond donors (Lipinski definition) is 6. The van der Waals surface area contributed by atoms with Gasteiger partial charge in [0, 0.05) is 12.5 Å². The summed E-state index contributed by atoms with van der Waals surface area (Å²) in [5.41, 5.74) is 1.03. The molecule has 0 aliphatic heterocycles. The second kappa shape index (κ2) is 22.2. The van der Waals surface area contributed by atoms with Crippen LogP contribution in [0.5, 0.6) is 0 Å². The van der Waals surface area contributed by atoms with Crippen LogP contribution >= 0.6 is 11.8 Å². The number of thioether (sulfide) groups is 1. The standard InChI is InChI=1S/C40H61N5O7S/c1-25(2)33(37(49)41-24-29-18-14-11-15-19-29)44-35(47)27(5)22-32(46)31(23-28-16-12-10-13-17-28)43-36(48)30(20-21-53-9)42-38(50)34(26(3)4)45-39(51)52-40(6,7)8/h10-19,25-27,30-34,46H,20-24H2,1-9H3,(H,41,49)(H,42,50)(H,43,48)(H,44,47)(H,45,51)/t27-,30+,31+,32+,33+,34+/m1/s1. The Hall–Kier alpha value is -4.10. The van der Waals surface area contributed by atoms with E-state index in [2.05, 4.69) is 26.6 Å². The molecule has 0 aliphatic carbocycles. The summed E-state index contributed by atoms with van der Waals surface area (Å²) < 4.78 is 5.35. The van der Waals surface area contributed by atoms with Crippen molar-refractivity contribution in [2.75, 3.05) is 12.0 Å². The average Bonchev–Trinajstić information content (AvgIpc) is 3.09. The summed E-state index contributed by atoms with van der Waals surface area (Å²) in [6.45, 7) is 14.4. The molecule has 0 bridgehead atoms. The van der Waals surface area contributed by atoms with E-state index < -0.39 is 65.6 Å². The van der Waals surface area contributed by atoms with E-state index in [1.807, 2.05) is 80.8 Å². The number of carbonyl (C=O) groups is 5. The van der Waals surface area contributed by atoms with Crippen LogP contribution in [0.25, 0.3) is 0 Å². The Kier molecular flexibility index (Phi) is 18.9. The van der Waals surface area contributed by atoms with E-state index in [4.69, 9.17) is 4.74 Å². The summed E-state index contributed by atoms with van der Waals surface area (Å²) in [7, 11) is 0. The van der Waals surface area contributed by atoms with Crippen molar-refractivity contribution in [3.8, 4) is 0 Å². The molecule has 0 saturated heterocycles. The number of carbonyl (C=O) groups excluding carboxylic acids is 5. The molecule has 294 valence electrons. The van der Waals surface area contributed by atoms with Gasteiger partial charge in [0.25, 0.3) is 0 Å². The fourth-order valence-electron chi connectivity index (χ4n) is 5.53. The highest BCUT2D eigenvalue weighted by Crippen LogP contribution is 2.17. The minimum Gasteiger partial charge on any atom is -0.444 e. The van der Waals surface area contributed by atoms with Gasteiger partial charge in [-0.15, -0.1) is 0 Å². The van der Waals surface area contributed by atoms with Crippen LogP contribution < -0.4 is 26.6 Å². The molecule has 2 aromatic carbocycles. The maximum absolute atomic E-state index is 13.9. The van der Waals surface area contributed by atoms with Crippen molar-refractivity contribution in [1.82, 2.24) is 26.6 Å². The van der Waals surface area contributed by atoms with E-state index in [-0.39, 0.29) is 30.6 Å². The molecule has 0 unspecified atom stereocenters. The normalized spacial score (nSPS) is 14.9. The van der Waals surface area contributed by atoms with Crippen molar-refractivity contribution in [3.05, 3.63) is 71.8 Å².